The molecule has 3 nitrogen and oxygen atoms in total. The third-order valence-electron chi connectivity index (χ3n) is 2.21. The Morgan fingerprint density at radius 1 is 1.38 bits per heavy atom. The molecule has 0 saturated heterocycles. The molecule has 0 spiro atoms. The Morgan fingerprint density at radius 3 is 2.50 bits per heavy atom. The van der Waals surface area contributed by atoms with Gasteiger partial charge in [0.05, 0.1) is 12.9 Å². The van der Waals surface area contributed by atoms with Gasteiger partial charge in [0.25, 0.3) is 10.1 Å². The highest BCUT2D eigenvalue weighted by Gasteiger charge is 2.13. The van der Waals surface area contributed by atoms with Crippen LogP contribution in [0.2, 0.25) is 0 Å². The van der Waals surface area contributed by atoms with Crippen LogP contribution in [-0.4, -0.2) is 21.3 Å². The summed E-state index contributed by atoms with van der Waals surface area (Å²) < 4.78 is 26.7. The lowest BCUT2D eigenvalue weighted by atomic mass is 9.97. The largest absolute Gasteiger partial charge is 0.270 e. The highest BCUT2D eigenvalue weighted by atomic mass is 32.2. The topological polar surface area (TPSA) is 43.4 Å². The molecule has 0 fully saturated rings. The van der Waals surface area contributed by atoms with E-state index in [9.17, 15) is 8.42 Å². The maximum atomic E-state index is 10.9. The summed E-state index contributed by atoms with van der Waals surface area (Å²) in [5.41, 5.74) is 1.06. The van der Waals surface area contributed by atoms with Crippen LogP contribution in [-0.2, 0) is 14.3 Å². The van der Waals surface area contributed by atoms with Crippen molar-refractivity contribution in [2.45, 2.75) is 12.3 Å². The average Bonchev–Trinajstić information content (AvgIpc) is 2.24. The van der Waals surface area contributed by atoms with Crippen molar-refractivity contribution >= 4 is 10.1 Å². The SMILES string of the molecule is C=CC[C@@H](COS(C)(=O)=O)c1ccccc1. The van der Waals surface area contributed by atoms with Crippen LogP contribution in [0.25, 0.3) is 0 Å². The van der Waals surface area contributed by atoms with Crippen molar-refractivity contribution in [1.82, 2.24) is 0 Å². The minimum absolute atomic E-state index is 0.0356. The Kier molecular flexibility index (Phi) is 4.71. The number of benzene rings is 1. The highest BCUT2D eigenvalue weighted by Crippen LogP contribution is 2.20. The normalized spacial score (nSPS) is 13.3. The fourth-order valence-corrected chi connectivity index (χ4v) is 1.84. The second-order valence-corrected chi connectivity index (χ2v) is 5.26. The minimum atomic E-state index is -3.38. The summed E-state index contributed by atoms with van der Waals surface area (Å²) in [7, 11) is -3.38. The van der Waals surface area contributed by atoms with Gasteiger partial charge in [-0.1, -0.05) is 36.4 Å². The van der Waals surface area contributed by atoms with Gasteiger partial charge in [0.2, 0.25) is 0 Å². The van der Waals surface area contributed by atoms with Crippen molar-refractivity contribution < 1.29 is 12.6 Å². The standard InChI is InChI=1S/C12H16O3S/c1-3-7-12(10-15-16(2,13)14)11-8-5-4-6-9-11/h3-6,8-9,12H,1,7,10H2,2H3/t12-/m0/s1. The van der Waals surface area contributed by atoms with E-state index in [-0.39, 0.29) is 12.5 Å². The first kappa shape index (κ1) is 12.9. The molecule has 0 unspecified atom stereocenters. The van der Waals surface area contributed by atoms with E-state index in [4.69, 9.17) is 4.18 Å². The fraction of sp³-hybridized carbons (Fsp3) is 0.333. The van der Waals surface area contributed by atoms with Crippen molar-refractivity contribution in [3.8, 4) is 0 Å². The van der Waals surface area contributed by atoms with Gasteiger partial charge in [-0.05, 0) is 12.0 Å². The van der Waals surface area contributed by atoms with Crippen molar-refractivity contribution in [1.29, 1.82) is 0 Å². The molecule has 88 valence electrons. The van der Waals surface area contributed by atoms with E-state index in [0.717, 1.165) is 11.8 Å². The van der Waals surface area contributed by atoms with Gasteiger partial charge < -0.3 is 0 Å². The maximum Gasteiger partial charge on any atom is 0.264 e. The lowest BCUT2D eigenvalue weighted by Crippen LogP contribution is -2.11. The zero-order valence-corrected chi connectivity index (χ0v) is 10.1. The molecule has 0 bridgehead atoms. The number of hydrogen-bond donors (Lipinski definition) is 0. The number of hydrogen-bond acceptors (Lipinski definition) is 3. The van der Waals surface area contributed by atoms with Crippen LogP contribution in [0.4, 0.5) is 0 Å². The molecule has 4 heteroatoms. The molecule has 1 aromatic rings. The molecule has 1 rings (SSSR count). The molecule has 0 aliphatic heterocycles. The highest BCUT2D eigenvalue weighted by molar-refractivity contribution is 7.85. The van der Waals surface area contributed by atoms with Crippen LogP contribution in [0, 0.1) is 0 Å². The van der Waals surface area contributed by atoms with Crippen LogP contribution >= 0.6 is 0 Å². The minimum Gasteiger partial charge on any atom is -0.270 e. The Balaban J connectivity index is 2.72. The third-order valence-corrected chi connectivity index (χ3v) is 2.77. The van der Waals surface area contributed by atoms with E-state index in [1.165, 1.54) is 0 Å². The van der Waals surface area contributed by atoms with Crippen molar-refractivity contribution in [3.63, 3.8) is 0 Å². The van der Waals surface area contributed by atoms with E-state index in [1.807, 2.05) is 30.3 Å². The molecule has 0 aromatic heterocycles. The first-order valence-electron chi connectivity index (χ1n) is 5.03. The lowest BCUT2D eigenvalue weighted by Gasteiger charge is -2.14. The molecular formula is C12H16O3S. The van der Waals surface area contributed by atoms with Crippen molar-refractivity contribution in [2.24, 2.45) is 0 Å². The Morgan fingerprint density at radius 2 is 2.00 bits per heavy atom. The molecule has 16 heavy (non-hydrogen) atoms. The van der Waals surface area contributed by atoms with E-state index in [2.05, 4.69) is 6.58 Å². The summed E-state index contributed by atoms with van der Waals surface area (Å²) in [5.74, 6) is 0.0356. The second kappa shape index (κ2) is 5.82. The van der Waals surface area contributed by atoms with Crippen LogP contribution < -0.4 is 0 Å². The fourth-order valence-electron chi connectivity index (χ4n) is 1.43. The van der Waals surface area contributed by atoms with E-state index >= 15 is 0 Å². The Hall–Kier alpha value is -1.13. The van der Waals surface area contributed by atoms with Crippen molar-refractivity contribution in [3.05, 3.63) is 48.6 Å². The van der Waals surface area contributed by atoms with Gasteiger partial charge in [-0.25, -0.2) is 0 Å². The van der Waals surface area contributed by atoms with Crippen LogP contribution in [0.15, 0.2) is 43.0 Å². The first-order chi connectivity index (χ1) is 7.53. The van der Waals surface area contributed by atoms with Crippen LogP contribution in [0.1, 0.15) is 17.9 Å². The zero-order valence-electron chi connectivity index (χ0n) is 9.30. The summed E-state index contributed by atoms with van der Waals surface area (Å²) in [6, 6.07) is 9.68. The lowest BCUT2D eigenvalue weighted by molar-refractivity contribution is 0.295. The molecule has 0 N–H and O–H groups in total. The Labute approximate surface area is 96.9 Å². The summed E-state index contributed by atoms with van der Waals surface area (Å²) in [5, 5.41) is 0. The molecule has 1 aromatic carbocycles. The van der Waals surface area contributed by atoms with Crippen LogP contribution in [0.3, 0.4) is 0 Å². The zero-order chi connectivity index (χ0) is 12.0. The predicted molar refractivity (Wildman–Crippen MR) is 64.8 cm³/mol. The van der Waals surface area contributed by atoms with Gasteiger partial charge in [-0.3, -0.25) is 4.18 Å². The van der Waals surface area contributed by atoms with Crippen LogP contribution in [0.5, 0.6) is 0 Å². The average molecular weight is 240 g/mol. The predicted octanol–water partition coefficient (Wildman–Crippen LogP) is 2.32. The summed E-state index contributed by atoms with van der Waals surface area (Å²) in [6.45, 7) is 3.83. The molecule has 0 saturated carbocycles. The summed E-state index contributed by atoms with van der Waals surface area (Å²) in [4.78, 5) is 0. The van der Waals surface area contributed by atoms with Crippen molar-refractivity contribution in [2.75, 3.05) is 12.9 Å². The molecular weight excluding hydrogens is 224 g/mol. The van der Waals surface area contributed by atoms with E-state index in [0.29, 0.717) is 6.42 Å². The van der Waals surface area contributed by atoms with Gasteiger partial charge in [0.15, 0.2) is 0 Å². The molecule has 0 heterocycles. The number of allylic oxidation sites excluding steroid dienone is 1. The maximum absolute atomic E-state index is 10.9. The third kappa shape index (κ3) is 4.59. The van der Waals surface area contributed by atoms with E-state index < -0.39 is 10.1 Å². The molecule has 0 amide bonds. The van der Waals surface area contributed by atoms with Gasteiger partial charge in [-0.15, -0.1) is 6.58 Å². The molecule has 0 radical (unpaired) electrons. The second-order valence-electron chi connectivity index (χ2n) is 3.62. The monoisotopic (exact) mass is 240 g/mol. The molecule has 0 aliphatic carbocycles. The number of rotatable bonds is 6. The van der Waals surface area contributed by atoms with Gasteiger partial charge in [-0.2, -0.15) is 8.42 Å². The quantitative estimate of drug-likeness (QED) is 0.566. The summed E-state index contributed by atoms with van der Waals surface area (Å²) in [6.07, 6.45) is 3.52. The van der Waals surface area contributed by atoms with Gasteiger partial charge in [0, 0.05) is 5.92 Å². The molecule has 1 atom stereocenters. The van der Waals surface area contributed by atoms with Gasteiger partial charge in [0.1, 0.15) is 0 Å². The Bertz CT molecular complexity index is 423. The van der Waals surface area contributed by atoms with E-state index in [1.54, 1.807) is 6.08 Å². The summed E-state index contributed by atoms with van der Waals surface area (Å²) >= 11 is 0. The van der Waals surface area contributed by atoms with Gasteiger partial charge >= 0.3 is 0 Å². The molecule has 0 aliphatic rings. The smallest absolute Gasteiger partial charge is 0.264 e. The first-order valence-corrected chi connectivity index (χ1v) is 6.85.